The van der Waals surface area contributed by atoms with Gasteiger partial charge in [-0.2, -0.15) is 0 Å². The Bertz CT molecular complexity index is 1150. The molecule has 16 heteroatoms. The Morgan fingerprint density at radius 2 is 1.65 bits per heavy atom. The van der Waals surface area contributed by atoms with Crippen LogP contribution in [-0.4, -0.2) is 80.0 Å². The molecule has 1 aliphatic carbocycles. The molecule has 0 saturated heterocycles. The van der Waals surface area contributed by atoms with E-state index in [1.165, 1.54) is 24.6 Å². The first-order chi connectivity index (χ1) is 17.2. The predicted octanol–water partition coefficient (Wildman–Crippen LogP) is 0.606. The van der Waals surface area contributed by atoms with E-state index in [1.54, 1.807) is 32.3 Å². The van der Waals surface area contributed by atoms with Gasteiger partial charge in [-0.3, -0.25) is 4.90 Å². The van der Waals surface area contributed by atoms with Gasteiger partial charge in [-0.25, -0.2) is 24.5 Å². The van der Waals surface area contributed by atoms with Gasteiger partial charge in [0, 0.05) is 12.1 Å². The summed E-state index contributed by atoms with van der Waals surface area (Å²) in [5, 5.41) is -2.47. The van der Waals surface area contributed by atoms with E-state index in [-0.39, 0.29) is 12.4 Å². The highest BCUT2D eigenvalue weighted by Crippen LogP contribution is 2.54. The largest absolute Gasteiger partial charge is 0.809 e. The number of anilines is 1. The number of carbonyl (C=O) groups excluding carboxylic acids is 2. The molecule has 1 fully saturated rings. The fourth-order valence-electron chi connectivity index (χ4n) is 3.90. The summed E-state index contributed by atoms with van der Waals surface area (Å²) in [6.07, 6.45) is 0.231. The van der Waals surface area contributed by atoms with Gasteiger partial charge in [0.05, 0.1) is 18.5 Å². The van der Waals surface area contributed by atoms with Crippen LogP contribution in [-0.2, 0) is 30.1 Å². The summed E-state index contributed by atoms with van der Waals surface area (Å²) in [7, 11) is -4.26. The Balaban J connectivity index is 1.95. The van der Waals surface area contributed by atoms with Gasteiger partial charge in [-0.1, -0.05) is 0 Å². The summed E-state index contributed by atoms with van der Waals surface area (Å²) in [6, 6.07) is 0. The lowest BCUT2D eigenvalue weighted by atomic mass is 10.1. The van der Waals surface area contributed by atoms with Gasteiger partial charge in [-0.15, -0.1) is 0 Å². The van der Waals surface area contributed by atoms with Crippen molar-refractivity contribution in [3.8, 4) is 0 Å². The Morgan fingerprint density at radius 1 is 1.11 bits per heavy atom. The smallest absolute Gasteiger partial charge is 0.508 e. The fourth-order valence-corrected chi connectivity index (χ4v) is 4.92. The van der Waals surface area contributed by atoms with E-state index in [0.717, 1.165) is 0 Å². The number of aromatic nitrogens is 4. The topological polar surface area (TPSA) is 207 Å². The second kappa shape index (κ2) is 10.8. The van der Waals surface area contributed by atoms with Crippen molar-refractivity contribution in [2.75, 3.05) is 26.0 Å². The monoisotopic (exact) mass is 542 g/mol. The molecular formula is C21H31N6O9P-2. The van der Waals surface area contributed by atoms with Crippen molar-refractivity contribution < 1.29 is 42.9 Å². The molecular weight excluding hydrogens is 511 g/mol. The third-order valence-corrected chi connectivity index (χ3v) is 7.65. The molecule has 206 valence electrons. The number of likely N-dealkylation sites (N-methyl/N-ethyl adjacent to an activating group) is 1. The number of rotatable bonds is 11. The van der Waals surface area contributed by atoms with Crippen LogP contribution >= 0.6 is 7.60 Å². The van der Waals surface area contributed by atoms with Gasteiger partial charge in [0.15, 0.2) is 11.5 Å². The zero-order chi connectivity index (χ0) is 27.6. The standard InChI is InChI=1S/C21H33N6O9P/c1-13(2)35-18(28)33-9-21(37(30,31)32,10-34-19(29)36-14(3)4)26(5)20(6-7-20)8-27-12-25-15-16(22)23-11-24-17(15)27/h11-14H,6-10H2,1-5H3,(H2,22,23,24)(H2,30,31,32)/p-2. The second-order valence-electron chi connectivity index (χ2n) is 9.48. The number of hydrogen-bond acceptors (Lipinski definition) is 14. The quantitative estimate of drug-likeness (QED) is 0.305. The molecule has 0 unspecified atom stereocenters. The van der Waals surface area contributed by atoms with E-state index < -0.39 is 56.1 Å². The van der Waals surface area contributed by atoms with Crippen molar-refractivity contribution >= 4 is 36.9 Å². The van der Waals surface area contributed by atoms with Gasteiger partial charge in [-0.05, 0) is 55.2 Å². The molecule has 3 rings (SSSR count). The average molecular weight is 542 g/mol. The number of ether oxygens (including phenoxy) is 4. The van der Waals surface area contributed by atoms with E-state index in [4.69, 9.17) is 24.7 Å². The number of hydrogen-bond donors (Lipinski definition) is 1. The number of carbonyl (C=O) groups is 2. The van der Waals surface area contributed by atoms with Crippen molar-refractivity contribution in [1.82, 2.24) is 24.4 Å². The molecule has 2 heterocycles. The van der Waals surface area contributed by atoms with Crippen LogP contribution < -0.4 is 15.5 Å². The first-order valence-electron chi connectivity index (χ1n) is 11.5. The van der Waals surface area contributed by atoms with Gasteiger partial charge in [0.1, 0.15) is 30.3 Å². The molecule has 2 N–H and O–H groups in total. The molecule has 15 nitrogen and oxygen atoms in total. The zero-order valence-corrected chi connectivity index (χ0v) is 22.2. The molecule has 0 atom stereocenters. The average Bonchev–Trinajstić information content (AvgIpc) is 3.44. The van der Waals surface area contributed by atoms with Crippen molar-refractivity contribution in [3.63, 3.8) is 0 Å². The summed E-state index contributed by atoms with van der Waals surface area (Å²) >= 11 is 0. The van der Waals surface area contributed by atoms with Crippen LogP contribution in [0.3, 0.4) is 0 Å². The Hall–Kier alpha value is -3.00. The number of nitrogen functional groups attached to an aromatic ring is 1. The van der Waals surface area contributed by atoms with Crippen LogP contribution in [0.1, 0.15) is 40.5 Å². The minimum Gasteiger partial charge on any atom is -0.809 e. The summed E-state index contributed by atoms with van der Waals surface area (Å²) in [5.74, 6) is 0.175. The first-order valence-corrected chi connectivity index (χ1v) is 13.1. The van der Waals surface area contributed by atoms with Crippen molar-refractivity contribution in [3.05, 3.63) is 12.7 Å². The Kier molecular flexibility index (Phi) is 8.32. The molecule has 2 aromatic rings. The van der Waals surface area contributed by atoms with Crippen molar-refractivity contribution in [1.29, 1.82) is 0 Å². The van der Waals surface area contributed by atoms with Gasteiger partial charge in [0.25, 0.3) is 0 Å². The van der Waals surface area contributed by atoms with Crippen LogP contribution in [0.5, 0.6) is 0 Å². The number of imidazole rings is 1. The molecule has 0 bridgehead atoms. The van der Waals surface area contributed by atoms with Crippen LogP contribution in [0.25, 0.3) is 11.2 Å². The predicted molar refractivity (Wildman–Crippen MR) is 125 cm³/mol. The normalized spacial score (nSPS) is 15.3. The summed E-state index contributed by atoms with van der Waals surface area (Å²) in [5.41, 5.74) is 5.74. The number of fused-ring (bicyclic) bond motifs is 1. The summed E-state index contributed by atoms with van der Waals surface area (Å²) in [4.78, 5) is 63.4. The highest BCUT2D eigenvalue weighted by molar-refractivity contribution is 7.50. The highest BCUT2D eigenvalue weighted by Gasteiger charge is 2.56. The molecule has 1 aliphatic rings. The van der Waals surface area contributed by atoms with E-state index in [1.807, 2.05) is 0 Å². The summed E-state index contributed by atoms with van der Waals surface area (Å²) in [6.45, 7) is 4.55. The van der Waals surface area contributed by atoms with Gasteiger partial charge in [0.2, 0.25) is 0 Å². The Morgan fingerprint density at radius 3 is 2.11 bits per heavy atom. The van der Waals surface area contributed by atoms with E-state index in [9.17, 15) is 23.9 Å². The van der Waals surface area contributed by atoms with Gasteiger partial charge < -0.3 is 43.6 Å². The SMILES string of the molecule is CC(C)OC(=O)OCC(COC(=O)OC(C)C)(N(C)C1(Cn2cnc3c(N)ncnc32)CC1)P(=O)([O-])[O-]. The van der Waals surface area contributed by atoms with Crippen molar-refractivity contribution in [2.45, 2.75) is 70.1 Å². The second-order valence-corrected chi connectivity index (χ2v) is 11.3. The Labute approximate surface area is 213 Å². The molecule has 0 aliphatic heterocycles. The number of nitrogens with zero attached hydrogens (tertiary/aromatic N) is 5. The third kappa shape index (κ3) is 6.29. The summed E-state index contributed by atoms with van der Waals surface area (Å²) < 4.78 is 34.4. The molecule has 1 saturated carbocycles. The lowest BCUT2D eigenvalue weighted by Crippen LogP contribution is -2.63. The van der Waals surface area contributed by atoms with Crippen LogP contribution in [0.2, 0.25) is 0 Å². The minimum atomic E-state index is -5.66. The molecule has 0 amide bonds. The third-order valence-electron chi connectivity index (χ3n) is 6.07. The first kappa shape index (κ1) is 28.6. The van der Waals surface area contributed by atoms with Crippen LogP contribution in [0.4, 0.5) is 15.4 Å². The maximum atomic E-state index is 12.8. The lowest BCUT2D eigenvalue weighted by Gasteiger charge is -2.55. The molecule has 0 spiro atoms. The minimum absolute atomic E-state index is 0.158. The maximum Gasteiger partial charge on any atom is 0.508 e. The van der Waals surface area contributed by atoms with E-state index >= 15 is 0 Å². The van der Waals surface area contributed by atoms with Crippen LogP contribution in [0.15, 0.2) is 12.7 Å². The van der Waals surface area contributed by atoms with E-state index in [0.29, 0.717) is 24.0 Å². The molecule has 37 heavy (non-hydrogen) atoms. The van der Waals surface area contributed by atoms with Crippen molar-refractivity contribution in [2.24, 2.45) is 0 Å². The lowest BCUT2D eigenvalue weighted by molar-refractivity contribution is -0.329. The zero-order valence-electron chi connectivity index (χ0n) is 21.3. The van der Waals surface area contributed by atoms with Crippen LogP contribution in [0, 0.1) is 0 Å². The van der Waals surface area contributed by atoms with E-state index in [2.05, 4.69) is 15.0 Å². The highest BCUT2D eigenvalue weighted by atomic mass is 31.2. The molecule has 0 radical (unpaired) electrons. The molecule has 0 aromatic carbocycles. The van der Waals surface area contributed by atoms with Gasteiger partial charge >= 0.3 is 12.3 Å². The number of nitrogens with two attached hydrogens (primary N) is 1. The fraction of sp³-hybridized carbons (Fsp3) is 0.667. The maximum absolute atomic E-state index is 12.8. The molecule has 2 aromatic heterocycles.